The van der Waals surface area contributed by atoms with Crippen LogP contribution in [0.15, 0.2) is 36.7 Å². The summed E-state index contributed by atoms with van der Waals surface area (Å²) in [6.45, 7) is 9.28. The molecule has 1 fully saturated rings. The summed E-state index contributed by atoms with van der Waals surface area (Å²) in [5.41, 5.74) is 4.79. The van der Waals surface area contributed by atoms with Crippen LogP contribution in [0.2, 0.25) is 0 Å². The molecule has 7 heteroatoms. The quantitative estimate of drug-likeness (QED) is 0.747. The van der Waals surface area contributed by atoms with Crippen LogP contribution in [0.4, 0.5) is 17.3 Å². The van der Waals surface area contributed by atoms with Crippen LogP contribution in [0.3, 0.4) is 0 Å². The highest BCUT2D eigenvalue weighted by Crippen LogP contribution is 2.26. The Labute approximate surface area is 164 Å². The molecule has 0 bridgehead atoms. The van der Waals surface area contributed by atoms with E-state index in [1.54, 1.807) is 12.4 Å². The first-order chi connectivity index (χ1) is 13.6. The molecular weight excluding hydrogens is 352 g/mol. The van der Waals surface area contributed by atoms with Crippen LogP contribution in [0, 0.1) is 20.8 Å². The summed E-state index contributed by atoms with van der Waals surface area (Å²) in [5.74, 6) is 2.46. The molecule has 0 radical (unpaired) electrons. The van der Waals surface area contributed by atoms with Gasteiger partial charge in [-0.05, 0) is 45.0 Å². The van der Waals surface area contributed by atoms with Gasteiger partial charge in [0.2, 0.25) is 0 Å². The number of aryl methyl sites for hydroxylation is 2. The lowest BCUT2D eigenvalue weighted by molar-refractivity contribution is 0.122. The number of nitrogens with zero attached hydrogens (tertiary/aromatic N) is 5. The smallest absolute Gasteiger partial charge is 0.161 e. The molecule has 0 unspecified atom stereocenters. The van der Waals surface area contributed by atoms with Gasteiger partial charge >= 0.3 is 0 Å². The molecule has 1 saturated heterocycles. The van der Waals surface area contributed by atoms with Crippen LogP contribution in [0.1, 0.15) is 17.0 Å². The minimum Gasteiger partial charge on any atom is -0.378 e. The minimum absolute atomic E-state index is 0.684. The average molecular weight is 376 g/mol. The monoisotopic (exact) mass is 376 g/mol. The van der Waals surface area contributed by atoms with E-state index in [-0.39, 0.29) is 0 Å². The van der Waals surface area contributed by atoms with Crippen LogP contribution in [0.25, 0.3) is 11.4 Å². The summed E-state index contributed by atoms with van der Waals surface area (Å²) >= 11 is 0. The second kappa shape index (κ2) is 7.90. The van der Waals surface area contributed by atoms with E-state index in [9.17, 15) is 0 Å². The number of hydrogen-bond acceptors (Lipinski definition) is 7. The van der Waals surface area contributed by atoms with Crippen molar-refractivity contribution in [2.24, 2.45) is 0 Å². The maximum atomic E-state index is 5.43. The number of rotatable bonds is 4. The first-order valence-electron chi connectivity index (χ1n) is 9.45. The van der Waals surface area contributed by atoms with Gasteiger partial charge in [0.1, 0.15) is 11.6 Å². The van der Waals surface area contributed by atoms with Gasteiger partial charge in [-0.2, -0.15) is 0 Å². The Hall–Kier alpha value is -3.06. The van der Waals surface area contributed by atoms with Crippen molar-refractivity contribution in [3.63, 3.8) is 0 Å². The molecule has 0 atom stereocenters. The van der Waals surface area contributed by atoms with E-state index >= 15 is 0 Å². The van der Waals surface area contributed by atoms with E-state index in [2.05, 4.69) is 26.3 Å². The maximum absolute atomic E-state index is 5.43. The molecule has 1 aliphatic rings. The van der Waals surface area contributed by atoms with Gasteiger partial charge in [0.25, 0.3) is 0 Å². The standard InChI is InChI=1S/C21H24N6O/c1-14-15(2)24-21(17-6-8-22-9-7-17)26-20(14)25-18-4-5-19(23-16(18)3)27-10-12-28-13-11-27/h4-9H,10-13H2,1-3H3,(H,24,25,26). The van der Waals surface area contributed by atoms with Crippen molar-refractivity contribution in [1.29, 1.82) is 0 Å². The van der Waals surface area contributed by atoms with Crippen molar-refractivity contribution in [3.8, 4) is 11.4 Å². The fraction of sp³-hybridized carbons (Fsp3) is 0.333. The first kappa shape index (κ1) is 18.3. The lowest BCUT2D eigenvalue weighted by atomic mass is 10.2. The van der Waals surface area contributed by atoms with Gasteiger partial charge in [-0.25, -0.2) is 15.0 Å². The number of pyridine rings is 2. The average Bonchev–Trinajstić information content (AvgIpc) is 2.74. The summed E-state index contributed by atoms with van der Waals surface area (Å²) in [4.78, 5) is 20.5. The Kier molecular flexibility index (Phi) is 5.16. The lowest BCUT2D eigenvalue weighted by Gasteiger charge is -2.28. The first-order valence-corrected chi connectivity index (χ1v) is 9.45. The van der Waals surface area contributed by atoms with Crippen molar-refractivity contribution >= 4 is 17.3 Å². The Bertz CT molecular complexity index is 970. The molecule has 0 aromatic carbocycles. The van der Waals surface area contributed by atoms with Crippen molar-refractivity contribution in [2.75, 3.05) is 36.5 Å². The van der Waals surface area contributed by atoms with Gasteiger partial charge < -0.3 is 15.0 Å². The third-order valence-corrected chi connectivity index (χ3v) is 4.99. The lowest BCUT2D eigenvalue weighted by Crippen LogP contribution is -2.36. The van der Waals surface area contributed by atoms with Crippen molar-refractivity contribution in [1.82, 2.24) is 19.9 Å². The zero-order valence-electron chi connectivity index (χ0n) is 16.4. The van der Waals surface area contributed by atoms with E-state index in [1.165, 1.54) is 0 Å². The predicted molar refractivity (Wildman–Crippen MR) is 110 cm³/mol. The molecule has 28 heavy (non-hydrogen) atoms. The van der Waals surface area contributed by atoms with Crippen molar-refractivity contribution in [3.05, 3.63) is 53.6 Å². The number of anilines is 3. The number of ether oxygens (including phenoxy) is 1. The highest BCUT2D eigenvalue weighted by Gasteiger charge is 2.15. The highest BCUT2D eigenvalue weighted by molar-refractivity contribution is 5.66. The number of aromatic nitrogens is 4. The van der Waals surface area contributed by atoms with Crippen LogP contribution >= 0.6 is 0 Å². The Balaban J connectivity index is 1.62. The topological polar surface area (TPSA) is 76.1 Å². The molecule has 0 amide bonds. The highest BCUT2D eigenvalue weighted by atomic mass is 16.5. The molecule has 0 aliphatic carbocycles. The zero-order chi connectivity index (χ0) is 19.5. The minimum atomic E-state index is 0.684. The normalized spacial score (nSPS) is 14.2. The van der Waals surface area contributed by atoms with Gasteiger partial charge in [0.05, 0.1) is 24.6 Å². The Morgan fingerprint density at radius 2 is 1.64 bits per heavy atom. The van der Waals surface area contributed by atoms with Crippen molar-refractivity contribution in [2.45, 2.75) is 20.8 Å². The molecule has 1 N–H and O–H groups in total. The van der Waals surface area contributed by atoms with Crippen LogP contribution in [-0.4, -0.2) is 46.2 Å². The molecule has 1 aliphatic heterocycles. The fourth-order valence-electron chi connectivity index (χ4n) is 3.16. The van der Waals surface area contributed by atoms with Gasteiger partial charge in [0.15, 0.2) is 5.82 Å². The number of nitrogens with one attached hydrogen (secondary N) is 1. The summed E-state index contributed by atoms with van der Waals surface area (Å²) in [5, 5.41) is 3.45. The van der Waals surface area contributed by atoms with E-state index in [1.807, 2.05) is 39.0 Å². The van der Waals surface area contributed by atoms with Crippen LogP contribution < -0.4 is 10.2 Å². The molecule has 7 nitrogen and oxygen atoms in total. The number of hydrogen-bond donors (Lipinski definition) is 1. The molecule has 3 aromatic heterocycles. The summed E-state index contributed by atoms with van der Waals surface area (Å²) in [6, 6.07) is 7.94. The Morgan fingerprint density at radius 1 is 0.893 bits per heavy atom. The van der Waals surface area contributed by atoms with Gasteiger partial charge in [-0.15, -0.1) is 0 Å². The third kappa shape index (κ3) is 3.80. The van der Waals surface area contributed by atoms with E-state index < -0.39 is 0 Å². The predicted octanol–water partition coefficient (Wildman–Crippen LogP) is 3.44. The van der Waals surface area contributed by atoms with E-state index in [0.29, 0.717) is 5.82 Å². The summed E-state index contributed by atoms with van der Waals surface area (Å²) in [6.07, 6.45) is 3.50. The SMILES string of the molecule is Cc1nc(N2CCOCC2)ccc1Nc1nc(-c2ccncc2)nc(C)c1C. The Morgan fingerprint density at radius 3 is 2.36 bits per heavy atom. The van der Waals surface area contributed by atoms with Gasteiger partial charge in [-0.3, -0.25) is 4.98 Å². The third-order valence-electron chi connectivity index (χ3n) is 4.99. The van der Waals surface area contributed by atoms with Gasteiger partial charge in [0, 0.05) is 42.3 Å². The second-order valence-electron chi connectivity index (χ2n) is 6.87. The van der Waals surface area contributed by atoms with E-state index in [0.717, 1.165) is 66.1 Å². The fourth-order valence-corrected chi connectivity index (χ4v) is 3.16. The summed E-state index contributed by atoms with van der Waals surface area (Å²) in [7, 11) is 0. The summed E-state index contributed by atoms with van der Waals surface area (Å²) < 4.78 is 5.43. The number of morpholine rings is 1. The van der Waals surface area contributed by atoms with Crippen LogP contribution in [0.5, 0.6) is 0 Å². The van der Waals surface area contributed by atoms with E-state index in [4.69, 9.17) is 14.7 Å². The van der Waals surface area contributed by atoms with Crippen molar-refractivity contribution < 1.29 is 4.74 Å². The van der Waals surface area contributed by atoms with Crippen LogP contribution in [-0.2, 0) is 4.74 Å². The molecule has 4 heterocycles. The largest absolute Gasteiger partial charge is 0.378 e. The zero-order valence-corrected chi connectivity index (χ0v) is 16.4. The molecule has 144 valence electrons. The second-order valence-corrected chi connectivity index (χ2v) is 6.87. The van der Waals surface area contributed by atoms with Gasteiger partial charge in [-0.1, -0.05) is 0 Å². The molecule has 4 rings (SSSR count). The molecular formula is C21H24N6O. The molecule has 0 spiro atoms. The molecule has 0 saturated carbocycles. The maximum Gasteiger partial charge on any atom is 0.161 e. The molecule has 3 aromatic rings.